The quantitative estimate of drug-likeness (QED) is 0.752. The monoisotopic (exact) mass is 390 g/mol. The van der Waals surface area contributed by atoms with E-state index < -0.39 is 31.0 Å². The molecule has 144 valence electrons. The minimum atomic E-state index is -4.83. The molecule has 2 rings (SSSR count). The molecule has 0 radical (unpaired) electrons. The highest BCUT2D eigenvalue weighted by Crippen LogP contribution is 2.37. The van der Waals surface area contributed by atoms with Crippen molar-refractivity contribution in [3.05, 3.63) is 23.8 Å². The zero-order chi connectivity index (χ0) is 17.7. The first-order valence-electron chi connectivity index (χ1n) is 7.46. The van der Waals surface area contributed by atoms with Gasteiger partial charge in [-0.25, -0.2) is 8.78 Å². The molecule has 1 heterocycles. The number of halogens is 6. The van der Waals surface area contributed by atoms with Crippen molar-refractivity contribution in [3.8, 4) is 11.5 Å². The molecule has 1 atom stereocenters. The van der Waals surface area contributed by atoms with Crippen molar-refractivity contribution >= 4 is 12.4 Å². The second kappa shape index (κ2) is 9.40. The van der Waals surface area contributed by atoms with E-state index in [9.17, 15) is 22.0 Å². The number of rotatable bonds is 6. The zero-order valence-electron chi connectivity index (χ0n) is 13.5. The number of hydrogen-bond acceptors (Lipinski definition) is 4. The van der Waals surface area contributed by atoms with Crippen molar-refractivity contribution in [2.75, 3.05) is 33.3 Å². The maximum atomic E-state index is 13.0. The number of hydrogen-bond donors (Lipinski definition) is 1. The summed E-state index contributed by atoms with van der Waals surface area (Å²) < 4.78 is 72.0. The van der Waals surface area contributed by atoms with Crippen LogP contribution in [0.5, 0.6) is 11.5 Å². The van der Waals surface area contributed by atoms with Gasteiger partial charge in [0.25, 0.3) is 0 Å². The minimum absolute atomic E-state index is 0. The Labute approximate surface area is 148 Å². The maximum absolute atomic E-state index is 13.0. The third-order valence-electron chi connectivity index (χ3n) is 3.79. The fourth-order valence-electron chi connectivity index (χ4n) is 2.80. The second-order valence-corrected chi connectivity index (χ2v) is 5.38. The normalized spacial score (nSPS) is 17.1. The number of ether oxygens (including phenoxy) is 2. The molecule has 1 saturated heterocycles. The Morgan fingerprint density at radius 1 is 1.20 bits per heavy atom. The molecule has 0 spiro atoms. The molecule has 1 aliphatic heterocycles. The van der Waals surface area contributed by atoms with Gasteiger partial charge in [0.1, 0.15) is 11.5 Å². The number of piperazine rings is 1. The summed E-state index contributed by atoms with van der Waals surface area (Å²) in [5, 5.41) is 3.13. The lowest BCUT2D eigenvalue weighted by molar-refractivity contribution is -0.274. The van der Waals surface area contributed by atoms with E-state index in [2.05, 4.69) is 10.1 Å². The third-order valence-corrected chi connectivity index (χ3v) is 3.79. The summed E-state index contributed by atoms with van der Waals surface area (Å²) in [5.74, 6) is -0.347. The zero-order valence-corrected chi connectivity index (χ0v) is 14.3. The molecule has 4 nitrogen and oxygen atoms in total. The lowest BCUT2D eigenvalue weighted by Crippen LogP contribution is -2.45. The SMILES string of the molecule is COc1cc(OC(F)(F)F)ccc1[C@H](CC(F)F)N1CCNCC1.Cl. The average Bonchev–Trinajstić information content (AvgIpc) is 2.52. The molecule has 0 amide bonds. The molecule has 1 aromatic rings. The van der Waals surface area contributed by atoms with Crippen molar-refractivity contribution in [2.24, 2.45) is 0 Å². The molecular weight excluding hydrogens is 371 g/mol. The maximum Gasteiger partial charge on any atom is 0.573 e. The molecule has 0 unspecified atom stereocenters. The van der Waals surface area contributed by atoms with E-state index in [4.69, 9.17) is 4.74 Å². The summed E-state index contributed by atoms with van der Waals surface area (Å²) in [6, 6.07) is 2.91. The Hall–Kier alpha value is -1.32. The Balaban J connectivity index is 0.00000312. The van der Waals surface area contributed by atoms with Gasteiger partial charge >= 0.3 is 6.36 Å². The van der Waals surface area contributed by atoms with Crippen molar-refractivity contribution in [1.29, 1.82) is 0 Å². The number of alkyl halides is 5. The van der Waals surface area contributed by atoms with Gasteiger partial charge in [-0.05, 0) is 6.07 Å². The number of methoxy groups -OCH3 is 1. The van der Waals surface area contributed by atoms with E-state index >= 15 is 0 Å². The summed E-state index contributed by atoms with van der Waals surface area (Å²) in [5.41, 5.74) is 0.425. The molecule has 1 fully saturated rings. The third kappa shape index (κ3) is 6.48. The van der Waals surface area contributed by atoms with Gasteiger partial charge in [-0.1, -0.05) is 6.07 Å². The van der Waals surface area contributed by atoms with Gasteiger partial charge in [-0.15, -0.1) is 25.6 Å². The van der Waals surface area contributed by atoms with Crippen LogP contribution in [0.1, 0.15) is 18.0 Å². The van der Waals surface area contributed by atoms with Gasteiger partial charge in [0.15, 0.2) is 0 Å². The topological polar surface area (TPSA) is 33.7 Å². The predicted octanol–water partition coefficient (Wildman–Crippen LogP) is 3.62. The van der Waals surface area contributed by atoms with Crippen molar-refractivity contribution in [1.82, 2.24) is 10.2 Å². The van der Waals surface area contributed by atoms with Crippen LogP contribution in [-0.2, 0) is 0 Å². The molecule has 0 bridgehead atoms. The van der Waals surface area contributed by atoms with E-state index in [-0.39, 0.29) is 18.2 Å². The van der Waals surface area contributed by atoms with Crippen molar-refractivity contribution in [2.45, 2.75) is 25.3 Å². The van der Waals surface area contributed by atoms with E-state index in [0.29, 0.717) is 31.7 Å². The van der Waals surface area contributed by atoms with Crippen LogP contribution in [0.15, 0.2) is 18.2 Å². The molecule has 1 aliphatic rings. The average molecular weight is 391 g/mol. The fourth-order valence-corrected chi connectivity index (χ4v) is 2.80. The highest BCUT2D eigenvalue weighted by Gasteiger charge is 2.32. The minimum Gasteiger partial charge on any atom is -0.496 e. The molecule has 1 aromatic carbocycles. The standard InChI is InChI=1S/C15H19F5N2O2.ClH/c1-23-13-8-10(24-15(18,19)20)2-3-11(13)12(9-14(16)17)22-6-4-21-5-7-22;/h2-3,8,12,14,21H,4-7,9H2,1H3;1H/t12-;/m0./s1. The van der Waals surface area contributed by atoms with Crippen LogP contribution in [0.25, 0.3) is 0 Å². The first kappa shape index (κ1) is 21.7. The van der Waals surface area contributed by atoms with E-state index in [1.54, 1.807) is 0 Å². The smallest absolute Gasteiger partial charge is 0.496 e. The summed E-state index contributed by atoms with van der Waals surface area (Å²) in [4.78, 5) is 1.88. The van der Waals surface area contributed by atoms with Gasteiger partial charge in [0, 0.05) is 50.3 Å². The first-order valence-corrected chi connectivity index (χ1v) is 7.46. The highest BCUT2D eigenvalue weighted by atomic mass is 35.5. The lowest BCUT2D eigenvalue weighted by Gasteiger charge is -2.35. The van der Waals surface area contributed by atoms with Crippen LogP contribution < -0.4 is 14.8 Å². The van der Waals surface area contributed by atoms with Gasteiger partial charge in [0.05, 0.1) is 7.11 Å². The Morgan fingerprint density at radius 3 is 2.36 bits per heavy atom. The predicted molar refractivity (Wildman–Crippen MR) is 84.7 cm³/mol. The summed E-state index contributed by atoms with van der Waals surface area (Å²) in [7, 11) is 1.29. The van der Waals surface area contributed by atoms with Gasteiger partial charge in [0.2, 0.25) is 6.43 Å². The molecule has 0 aliphatic carbocycles. The number of nitrogens with one attached hydrogen (secondary N) is 1. The van der Waals surface area contributed by atoms with Gasteiger partial charge in [-0.2, -0.15) is 0 Å². The van der Waals surface area contributed by atoms with Crippen LogP contribution in [0.3, 0.4) is 0 Å². The van der Waals surface area contributed by atoms with Crippen LogP contribution in [-0.4, -0.2) is 51.0 Å². The second-order valence-electron chi connectivity index (χ2n) is 5.38. The van der Waals surface area contributed by atoms with Crippen LogP contribution >= 0.6 is 12.4 Å². The number of benzene rings is 1. The van der Waals surface area contributed by atoms with Crippen molar-refractivity contribution < 1.29 is 31.4 Å². The largest absolute Gasteiger partial charge is 0.573 e. The van der Waals surface area contributed by atoms with E-state index in [1.807, 2.05) is 4.90 Å². The van der Waals surface area contributed by atoms with E-state index in [0.717, 1.165) is 12.1 Å². The number of nitrogens with zero attached hydrogens (tertiary/aromatic N) is 1. The summed E-state index contributed by atoms with van der Waals surface area (Å²) in [6.07, 6.45) is -7.79. The molecule has 25 heavy (non-hydrogen) atoms. The van der Waals surface area contributed by atoms with Crippen molar-refractivity contribution in [3.63, 3.8) is 0 Å². The summed E-state index contributed by atoms with van der Waals surface area (Å²) >= 11 is 0. The first-order chi connectivity index (χ1) is 11.3. The van der Waals surface area contributed by atoms with Crippen LogP contribution in [0.2, 0.25) is 0 Å². The molecule has 10 heteroatoms. The fraction of sp³-hybridized carbons (Fsp3) is 0.600. The Kier molecular flexibility index (Phi) is 8.17. The Bertz CT molecular complexity index is 539. The summed E-state index contributed by atoms with van der Waals surface area (Å²) in [6.45, 7) is 2.47. The highest BCUT2D eigenvalue weighted by molar-refractivity contribution is 5.85. The van der Waals surface area contributed by atoms with E-state index in [1.165, 1.54) is 13.2 Å². The molecule has 0 aromatic heterocycles. The Morgan fingerprint density at radius 2 is 1.84 bits per heavy atom. The lowest BCUT2D eigenvalue weighted by atomic mass is 10.00. The molecular formula is C15H20ClF5N2O2. The molecule has 1 N–H and O–H groups in total. The molecule has 0 saturated carbocycles. The van der Waals surface area contributed by atoms with Crippen LogP contribution in [0, 0.1) is 0 Å². The van der Waals surface area contributed by atoms with Crippen LogP contribution in [0.4, 0.5) is 22.0 Å². The van der Waals surface area contributed by atoms with Gasteiger partial charge < -0.3 is 14.8 Å². The van der Waals surface area contributed by atoms with Gasteiger partial charge in [-0.3, -0.25) is 4.90 Å².